The number of nitrogens with one attached hydrogen (secondary N) is 1. The molecule has 4 heteroatoms. The van der Waals surface area contributed by atoms with E-state index in [0.29, 0.717) is 24.1 Å². The predicted octanol–water partition coefficient (Wildman–Crippen LogP) is 1.61. The molecule has 0 aromatic heterocycles. The van der Waals surface area contributed by atoms with Crippen LogP contribution in [0, 0.1) is 5.92 Å². The summed E-state index contributed by atoms with van der Waals surface area (Å²) < 4.78 is 0. The lowest BCUT2D eigenvalue weighted by atomic mass is 10.1. The summed E-state index contributed by atoms with van der Waals surface area (Å²) in [6, 6.07) is 8.12. The third-order valence-corrected chi connectivity index (χ3v) is 4.02. The Kier molecular flexibility index (Phi) is 5.15. The molecule has 1 aliphatic rings. The maximum Gasteiger partial charge on any atom is 0.251 e. The Labute approximate surface area is 121 Å². The van der Waals surface area contributed by atoms with Gasteiger partial charge in [0.1, 0.15) is 0 Å². The van der Waals surface area contributed by atoms with Crippen molar-refractivity contribution in [2.45, 2.75) is 32.9 Å². The molecule has 20 heavy (non-hydrogen) atoms. The Bertz CT molecular complexity index is 459. The molecule has 1 saturated heterocycles. The van der Waals surface area contributed by atoms with Crippen molar-refractivity contribution in [2.24, 2.45) is 11.7 Å². The minimum Gasteiger partial charge on any atom is -0.352 e. The average molecular weight is 275 g/mol. The molecule has 0 bridgehead atoms. The molecule has 4 nitrogen and oxygen atoms in total. The fourth-order valence-corrected chi connectivity index (χ4v) is 2.68. The quantitative estimate of drug-likeness (QED) is 0.858. The standard InChI is InChI=1S/C16H25N3O/c1-12(2)19-7-6-14(11-19)10-18-16(20)15-5-3-4-13(8-15)9-17/h3-5,8,12,14H,6-7,9-11,17H2,1-2H3,(H,18,20). The van der Waals surface area contributed by atoms with Crippen LogP contribution in [0.15, 0.2) is 24.3 Å². The maximum absolute atomic E-state index is 12.1. The number of likely N-dealkylation sites (tertiary alicyclic amines) is 1. The number of carbonyl (C=O) groups excluding carboxylic acids is 1. The Balaban J connectivity index is 1.83. The molecule has 110 valence electrons. The van der Waals surface area contributed by atoms with Gasteiger partial charge < -0.3 is 16.0 Å². The molecule has 1 aromatic rings. The molecule has 0 saturated carbocycles. The topological polar surface area (TPSA) is 58.4 Å². The van der Waals surface area contributed by atoms with Crippen molar-refractivity contribution in [1.29, 1.82) is 0 Å². The average Bonchev–Trinajstić information content (AvgIpc) is 2.94. The number of nitrogens with zero attached hydrogens (tertiary/aromatic N) is 1. The number of hydrogen-bond donors (Lipinski definition) is 2. The molecule has 0 radical (unpaired) electrons. The highest BCUT2D eigenvalue weighted by molar-refractivity contribution is 5.94. The van der Waals surface area contributed by atoms with Gasteiger partial charge in [-0.2, -0.15) is 0 Å². The summed E-state index contributed by atoms with van der Waals surface area (Å²) in [6.07, 6.45) is 1.17. The van der Waals surface area contributed by atoms with Crippen LogP contribution in [0.5, 0.6) is 0 Å². The summed E-state index contributed by atoms with van der Waals surface area (Å²) >= 11 is 0. The first-order valence-corrected chi connectivity index (χ1v) is 7.41. The Morgan fingerprint density at radius 2 is 2.30 bits per heavy atom. The third-order valence-electron chi connectivity index (χ3n) is 4.02. The Morgan fingerprint density at radius 1 is 1.50 bits per heavy atom. The monoisotopic (exact) mass is 275 g/mol. The molecule has 0 aliphatic carbocycles. The third kappa shape index (κ3) is 3.81. The zero-order valence-corrected chi connectivity index (χ0v) is 12.4. The van der Waals surface area contributed by atoms with E-state index in [9.17, 15) is 4.79 Å². The fraction of sp³-hybridized carbons (Fsp3) is 0.562. The number of benzene rings is 1. The van der Waals surface area contributed by atoms with Crippen LogP contribution in [0.1, 0.15) is 36.2 Å². The molecule has 1 unspecified atom stereocenters. The van der Waals surface area contributed by atoms with E-state index < -0.39 is 0 Å². The van der Waals surface area contributed by atoms with Gasteiger partial charge in [0.15, 0.2) is 0 Å². The van der Waals surface area contributed by atoms with Crippen LogP contribution in [0.4, 0.5) is 0 Å². The van der Waals surface area contributed by atoms with Crippen molar-refractivity contribution in [1.82, 2.24) is 10.2 Å². The molecule has 1 heterocycles. The Morgan fingerprint density at radius 3 is 2.95 bits per heavy atom. The van der Waals surface area contributed by atoms with Crippen molar-refractivity contribution in [3.05, 3.63) is 35.4 Å². The van der Waals surface area contributed by atoms with Crippen molar-refractivity contribution in [3.8, 4) is 0 Å². The van der Waals surface area contributed by atoms with Gasteiger partial charge in [0, 0.05) is 31.2 Å². The van der Waals surface area contributed by atoms with Gasteiger partial charge in [0.2, 0.25) is 0 Å². The highest BCUT2D eigenvalue weighted by Crippen LogP contribution is 2.17. The van der Waals surface area contributed by atoms with E-state index >= 15 is 0 Å². The lowest BCUT2D eigenvalue weighted by Crippen LogP contribution is -2.33. The van der Waals surface area contributed by atoms with Crippen LogP contribution in [-0.2, 0) is 6.54 Å². The first kappa shape index (κ1) is 15.0. The van der Waals surface area contributed by atoms with Crippen LogP contribution in [0.3, 0.4) is 0 Å². The van der Waals surface area contributed by atoms with Gasteiger partial charge in [-0.15, -0.1) is 0 Å². The highest BCUT2D eigenvalue weighted by atomic mass is 16.1. The van der Waals surface area contributed by atoms with Crippen molar-refractivity contribution in [2.75, 3.05) is 19.6 Å². The number of amides is 1. The molecule has 1 fully saturated rings. The molecule has 1 aromatic carbocycles. The number of rotatable bonds is 5. The SMILES string of the molecule is CC(C)N1CCC(CNC(=O)c2cccc(CN)c2)C1. The van der Waals surface area contributed by atoms with E-state index in [2.05, 4.69) is 24.1 Å². The van der Waals surface area contributed by atoms with Gasteiger partial charge >= 0.3 is 0 Å². The van der Waals surface area contributed by atoms with Crippen molar-refractivity contribution >= 4 is 5.91 Å². The molecule has 1 amide bonds. The van der Waals surface area contributed by atoms with E-state index in [1.54, 1.807) is 0 Å². The molecule has 0 spiro atoms. The van der Waals surface area contributed by atoms with Gasteiger partial charge in [-0.25, -0.2) is 0 Å². The summed E-state index contributed by atoms with van der Waals surface area (Å²) in [5.74, 6) is 0.572. The molecular weight excluding hydrogens is 250 g/mol. The van der Waals surface area contributed by atoms with Crippen LogP contribution in [-0.4, -0.2) is 36.5 Å². The van der Waals surface area contributed by atoms with Gasteiger partial charge in [-0.05, 0) is 50.4 Å². The number of nitrogens with two attached hydrogens (primary N) is 1. The Hall–Kier alpha value is -1.39. The van der Waals surface area contributed by atoms with Crippen molar-refractivity contribution < 1.29 is 4.79 Å². The first-order valence-electron chi connectivity index (χ1n) is 7.41. The minimum atomic E-state index is 0.00305. The zero-order valence-electron chi connectivity index (χ0n) is 12.4. The largest absolute Gasteiger partial charge is 0.352 e. The highest BCUT2D eigenvalue weighted by Gasteiger charge is 2.24. The molecule has 3 N–H and O–H groups in total. The van der Waals surface area contributed by atoms with Gasteiger partial charge in [-0.3, -0.25) is 4.79 Å². The zero-order chi connectivity index (χ0) is 14.5. The smallest absolute Gasteiger partial charge is 0.251 e. The van der Waals surface area contributed by atoms with E-state index in [1.165, 1.54) is 6.42 Å². The van der Waals surface area contributed by atoms with E-state index in [4.69, 9.17) is 5.73 Å². The first-order chi connectivity index (χ1) is 9.60. The van der Waals surface area contributed by atoms with E-state index in [1.807, 2.05) is 24.3 Å². The summed E-state index contributed by atoms with van der Waals surface area (Å²) in [5.41, 5.74) is 7.29. The summed E-state index contributed by atoms with van der Waals surface area (Å²) in [7, 11) is 0. The summed E-state index contributed by atoms with van der Waals surface area (Å²) in [5, 5.41) is 3.05. The summed E-state index contributed by atoms with van der Waals surface area (Å²) in [6.45, 7) is 7.89. The fourth-order valence-electron chi connectivity index (χ4n) is 2.68. The molecule has 1 aliphatic heterocycles. The van der Waals surface area contributed by atoms with Crippen LogP contribution in [0.2, 0.25) is 0 Å². The second kappa shape index (κ2) is 6.86. The minimum absolute atomic E-state index is 0.00305. The normalized spacial score (nSPS) is 19.5. The second-order valence-electron chi connectivity index (χ2n) is 5.86. The van der Waals surface area contributed by atoms with Gasteiger partial charge in [0.05, 0.1) is 0 Å². The lowest BCUT2D eigenvalue weighted by molar-refractivity contribution is 0.0947. The van der Waals surface area contributed by atoms with Crippen LogP contribution < -0.4 is 11.1 Å². The predicted molar refractivity (Wildman–Crippen MR) is 81.5 cm³/mol. The number of hydrogen-bond acceptors (Lipinski definition) is 3. The molecular formula is C16H25N3O. The van der Waals surface area contributed by atoms with Crippen molar-refractivity contribution in [3.63, 3.8) is 0 Å². The van der Waals surface area contributed by atoms with Crippen LogP contribution >= 0.6 is 0 Å². The molecule has 2 rings (SSSR count). The maximum atomic E-state index is 12.1. The van der Waals surface area contributed by atoms with E-state index in [-0.39, 0.29) is 5.91 Å². The van der Waals surface area contributed by atoms with Crippen LogP contribution in [0.25, 0.3) is 0 Å². The lowest BCUT2D eigenvalue weighted by Gasteiger charge is -2.20. The molecule has 1 atom stereocenters. The van der Waals surface area contributed by atoms with Gasteiger partial charge in [-0.1, -0.05) is 12.1 Å². The summed E-state index contributed by atoms with van der Waals surface area (Å²) in [4.78, 5) is 14.6. The van der Waals surface area contributed by atoms with E-state index in [0.717, 1.165) is 25.2 Å². The second-order valence-corrected chi connectivity index (χ2v) is 5.86. The number of carbonyl (C=O) groups is 1. The van der Waals surface area contributed by atoms with Gasteiger partial charge in [0.25, 0.3) is 5.91 Å².